The van der Waals surface area contributed by atoms with E-state index in [0.29, 0.717) is 19.4 Å². The fraction of sp³-hybridized carbons (Fsp3) is 0.600. The summed E-state index contributed by atoms with van der Waals surface area (Å²) in [5, 5.41) is 2.91. The van der Waals surface area contributed by atoms with E-state index < -0.39 is 0 Å². The van der Waals surface area contributed by atoms with Crippen LogP contribution in [0.15, 0.2) is 24.3 Å². The van der Waals surface area contributed by atoms with Crippen LogP contribution in [0, 0.1) is 12.3 Å². The molecule has 132 valence electrons. The molecule has 2 amide bonds. The molecule has 0 aromatic heterocycles. The van der Waals surface area contributed by atoms with E-state index in [1.54, 1.807) is 0 Å². The molecule has 1 heterocycles. The van der Waals surface area contributed by atoms with Crippen LogP contribution >= 0.6 is 0 Å². The second kappa shape index (κ2) is 7.82. The average molecular weight is 330 g/mol. The smallest absolute Gasteiger partial charge is 0.225 e. The number of amides is 2. The van der Waals surface area contributed by atoms with Crippen molar-refractivity contribution in [2.75, 3.05) is 13.1 Å². The number of nitrogens with zero attached hydrogens (tertiary/aromatic N) is 1. The van der Waals surface area contributed by atoms with Gasteiger partial charge < -0.3 is 10.2 Å². The third-order valence-electron chi connectivity index (χ3n) is 4.57. The zero-order valence-corrected chi connectivity index (χ0v) is 15.4. The quantitative estimate of drug-likeness (QED) is 0.839. The largest absolute Gasteiger partial charge is 0.356 e. The summed E-state index contributed by atoms with van der Waals surface area (Å²) in [4.78, 5) is 26.4. The zero-order valence-electron chi connectivity index (χ0n) is 15.4. The molecule has 0 bridgehead atoms. The van der Waals surface area contributed by atoms with Crippen LogP contribution in [-0.2, 0) is 9.59 Å². The molecule has 4 nitrogen and oxygen atoms in total. The number of nitrogens with one attached hydrogen (secondary N) is 1. The lowest BCUT2D eigenvalue weighted by Gasteiger charge is -2.25. The highest BCUT2D eigenvalue weighted by atomic mass is 16.2. The van der Waals surface area contributed by atoms with E-state index in [4.69, 9.17) is 0 Å². The summed E-state index contributed by atoms with van der Waals surface area (Å²) < 4.78 is 0. The third kappa shape index (κ3) is 4.83. The highest BCUT2D eigenvalue weighted by Gasteiger charge is 2.29. The van der Waals surface area contributed by atoms with E-state index in [1.807, 2.05) is 25.7 Å². The minimum atomic E-state index is -0.379. The molecule has 1 N–H and O–H groups in total. The molecule has 1 aliphatic rings. The van der Waals surface area contributed by atoms with Crippen molar-refractivity contribution in [1.82, 2.24) is 10.2 Å². The molecule has 0 saturated carbocycles. The molecule has 1 aromatic carbocycles. The van der Waals surface area contributed by atoms with Gasteiger partial charge in [-0.15, -0.1) is 0 Å². The minimum Gasteiger partial charge on any atom is -0.356 e. The van der Waals surface area contributed by atoms with Gasteiger partial charge in [-0.2, -0.15) is 0 Å². The van der Waals surface area contributed by atoms with Crippen molar-refractivity contribution in [2.24, 2.45) is 5.41 Å². The van der Waals surface area contributed by atoms with Crippen molar-refractivity contribution in [3.8, 4) is 0 Å². The Kier molecular flexibility index (Phi) is 6.03. The Bertz CT molecular complexity index is 572. The van der Waals surface area contributed by atoms with E-state index in [2.05, 4.69) is 36.5 Å². The Morgan fingerprint density at radius 1 is 1.21 bits per heavy atom. The monoisotopic (exact) mass is 330 g/mol. The number of aryl methyl sites for hydroxylation is 1. The maximum atomic E-state index is 12.6. The molecule has 0 spiro atoms. The third-order valence-corrected chi connectivity index (χ3v) is 4.57. The van der Waals surface area contributed by atoms with Gasteiger partial charge in [0.1, 0.15) is 0 Å². The Balaban J connectivity index is 1.83. The van der Waals surface area contributed by atoms with Crippen molar-refractivity contribution in [3.05, 3.63) is 35.4 Å². The first-order valence-corrected chi connectivity index (χ1v) is 8.93. The van der Waals surface area contributed by atoms with Crippen LogP contribution in [0.1, 0.15) is 63.6 Å². The van der Waals surface area contributed by atoms with Gasteiger partial charge in [-0.05, 0) is 31.7 Å². The average Bonchev–Trinajstić information content (AvgIpc) is 3.00. The van der Waals surface area contributed by atoms with Crippen LogP contribution in [0.5, 0.6) is 0 Å². The van der Waals surface area contributed by atoms with E-state index in [1.165, 1.54) is 11.1 Å². The van der Waals surface area contributed by atoms with E-state index in [9.17, 15) is 9.59 Å². The van der Waals surface area contributed by atoms with Crippen molar-refractivity contribution >= 4 is 11.8 Å². The topological polar surface area (TPSA) is 49.4 Å². The van der Waals surface area contributed by atoms with Crippen molar-refractivity contribution in [3.63, 3.8) is 0 Å². The summed E-state index contributed by atoms with van der Waals surface area (Å²) in [6, 6.07) is 8.70. The van der Waals surface area contributed by atoms with Crippen LogP contribution in [0.2, 0.25) is 0 Å². The lowest BCUT2D eigenvalue weighted by atomic mass is 9.96. The number of hydrogen-bond acceptors (Lipinski definition) is 2. The Morgan fingerprint density at radius 2 is 1.88 bits per heavy atom. The van der Waals surface area contributed by atoms with Gasteiger partial charge in [0.05, 0.1) is 6.04 Å². The van der Waals surface area contributed by atoms with Gasteiger partial charge in [0.2, 0.25) is 11.8 Å². The van der Waals surface area contributed by atoms with Crippen LogP contribution in [0.3, 0.4) is 0 Å². The molecule has 0 radical (unpaired) electrons. The van der Waals surface area contributed by atoms with E-state index >= 15 is 0 Å². The SMILES string of the molecule is Cc1ccc(C2CCCN2C(=O)CCCNC(=O)C(C)(C)C)cc1. The maximum absolute atomic E-state index is 12.6. The van der Waals surface area contributed by atoms with Crippen LogP contribution in [0.4, 0.5) is 0 Å². The van der Waals surface area contributed by atoms with Crippen molar-refractivity contribution in [2.45, 2.75) is 59.4 Å². The number of likely N-dealkylation sites (tertiary alicyclic amines) is 1. The fourth-order valence-electron chi connectivity index (χ4n) is 3.05. The van der Waals surface area contributed by atoms with Crippen molar-refractivity contribution < 1.29 is 9.59 Å². The molecule has 1 atom stereocenters. The summed E-state index contributed by atoms with van der Waals surface area (Å²) in [6.45, 7) is 9.15. The molecule has 1 unspecified atom stereocenters. The second-order valence-electron chi connectivity index (χ2n) is 7.77. The first-order valence-electron chi connectivity index (χ1n) is 8.93. The number of rotatable bonds is 5. The van der Waals surface area contributed by atoms with Gasteiger partial charge in [0.25, 0.3) is 0 Å². The Morgan fingerprint density at radius 3 is 2.50 bits per heavy atom. The molecule has 1 aromatic rings. The highest BCUT2D eigenvalue weighted by molar-refractivity contribution is 5.81. The lowest BCUT2D eigenvalue weighted by Crippen LogP contribution is -2.36. The fourth-order valence-corrected chi connectivity index (χ4v) is 3.05. The summed E-state index contributed by atoms with van der Waals surface area (Å²) in [5.74, 6) is 0.233. The normalized spacial score (nSPS) is 17.8. The zero-order chi connectivity index (χ0) is 17.7. The molecule has 1 fully saturated rings. The van der Waals surface area contributed by atoms with Gasteiger partial charge in [-0.1, -0.05) is 50.6 Å². The predicted octanol–water partition coefficient (Wildman–Crippen LogP) is 3.60. The Labute approximate surface area is 145 Å². The number of carbonyl (C=O) groups is 2. The van der Waals surface area contributed by atoms with Crippen LogP contribution in [-0.4, -0.2) is 29.8 Å². The summed E-state index contributed by atoms with van der Waals surface area (Å²) >= 11 is 0. The molecular formula is C20H30N2O2. The summed E-state index contributed by atoms with van der Waals surface area (Å²) in [5.41, 5.74) is 2.09. The van der Waals surface area contributed by atoms with Gasteiger partial charge in [0, 0.05) is 24.9 Å². The first kappa shape index (κ1) is 18.5. The Hall–Kier alpha value is -1.84. The number of hydrogen-bond donors (Lipinski definition) is 1. The first-order chi connectivity index (χ1) is 11.3. The van der Waals surface area contributed by atoms with Crippen LogP contribution in [0.25, 0.3) is 0 Å². The lowest BCUT2D eigenvalue weighted by molar-refractivity contribution is -0.133. The molecule has 24 heavy (non-hydrogen) atoms. The van der Waals surface area contributed by atoms with Gasteiger partial charge >= 0.3 is 0 Å². The minimum absolute atomic E-state index is 0.0358. The number of benzene rings is 1. The molecule has 4 heteroatoms. The van der Waals surface area contributed by atoms with Crippen molar-refractivity contribution in [1.29, 1.82) is 0 Å². The highest BCUT2D eigenvalue weighted by Crippen LogP contribution is 2.32. The molecular weight excluding hydrogens is 300 g/mol. The van der Waals surface area contributed by atoms with Gasteiger partial charge in [-0.25, -0.2) is 0 Å². The van der Waals surface area contributed by atoms with Crippen LogP contribution < -0.4 is 5.32 Å². The number of carbonyl (C=O) groups excluding carboxylic acids is 2. The summed E-state index contributed by atoms with van der Waals surface area (Å²) in [6.07, 6.45) is 3.28. The summed E-state index contributed by atoms with van der Waals surface area (Å²) in [7, 11) is 0. The molecule has 0 aliphatic carbocycles. The second-order valence-corrected chi connectivity index (χ2v) is 7.77. The maximum Gasteiger partial charge on any atom is 0.225 e. The predicted molar refractivity (Wildman–Crippen MR) is 96.6 cm³/mol. The molecule has 1 saturated heterocycles. The standard InChI is InChI=1S/C20H30N2O2/c1-15-9-11-16(12-10-15)17-7-6-14-22(17)18(23)8-5-13-21-19(24)20(2,3)4/h9-12,17H,5-8,13-14H2,1-4H3,(H,21,24). The van der Waals surface area contributed by atoms with Gasteiger partial charge in [-0.3, -0.25) is 9.59 Å². The van der Waals surface area contributed by atoms with E-state index in [0.717, 1.165) is 19.4 Å². The van der Waals surface area contributed by atoms with E-state index in [-0.39, 0.29) is 23.3 Å². The van der Waals surface area contributed by atoms with Gasteiger partial charge in [0.15, 0.2) is 0 Å². The molecule has 2 rings (SSSR count). The molecule has 1 aliphatic heterocycles.